The normalized spacial score (nSPS) is 10.7. The summed E-state index contributed by atoms with van der Waals surface area (Å²) in [5.74, 6) is -0.332. The number of anilines is 2. The quantitative estimate of drug-likeness (QED) is 0.546. The Kier molecular flexibility index (Phi) is 3.15. The maximum absolute atomic E-state index is 12.2. The molecule has 3 rings (SSSR count). The van der Waals surface area contributed by atoms with E-state index in [0.29, 0.717) is 33.0 Å². The molecule has 0 unspecified atom stereocenters. The lowest BCUT2D eigenvalue weighted by atomic mass is 10.2. The van der Waals surface area contributed by atoms with Gasteiger partial charge in [0.05, 0.1) is 11.0 Å². The van der Waals surface area contributed by atoms with Crippen molar-refractivity contribution in [2.75, 3.05) is 11.1 Å². The molecule has 0 radical (unpaired) electrons. The van der Waals surface area contributed by atoms with Crippen molar-refractivity contribution >= 4 is 39.9 Å². The highest BCUT2D eigenvalue weighted by molar-refractivity contribution is 6.31. The summed E-state index contributed by atoms with van der Waals surface area (Å²) in [6.07, 6.45) is 0. The molecular formula is C14H11ClN4O2. The van der Waals surface area contributed by atoms with E-state index in [-0.39, 0.29) is 11.6 Å². The minimum absolute atomic E-state index is 0.295. The number of carbonyl (C=O) groups excluding carboxylic acids is 1. The van der Waals surface area contributed by atoms with Crippen LogP contribution in [0, 0.1) is 0 Å². The highest BCUT2D eigenvalue weighted by Crippen LogP contribution is 2.19. The van der Waals surface area contributed by atoms with Crippen LogP contribution in [0.4, 0.5) is 11.4 Å². The number of hydrogen-bond acceptors (Lipinski definition) is 3. The topological polar surface area (TPSA) is 104 Å². The van der Waals surface area contributed by atoms with Gasteiger partial charge in [0.25, 0.3) is 5.91 Å². The van der Waals surface area contributed by atoms with Gasteiger partial charge in [-0.3, -0.25) is 4.79 Å². The fraction of sp³-hybridized carbons (Fsp3) is 0. The van der Waals surface area contributed by atoms with Gasteiger partial charge in [-0.15, -0.1) is 0 Å². The van der Waals surface area contributed by atoms with E-state index in [1.54, 1.807) is 24.3 Å². The van der Waals surface area contributed by atoms with Crippen LogP contribution in [0.15, 0.2) is 41.2 Å². The van der Waals surface area contributed by atoms with Crippen LogP contribution in [0.25, 0.3) is 11.0 Å². The lowest BCUT2D eigenvalue weighted by Gasteiger charge is -2.06. The maximum atomic E-state index is 12.2. The van der Waals surface area contributed by atoms with E-state index in [1.807, 2.05) is 0 Å². The van der Waals surface area contributed by atoms with Gasteiger partial charge < -0.3 is 21.0 Å². The van der Waals surface area contributed by atoms with E-state index in [1.165, 1.54) is 12.1 Å². The average molecular weight is 303 g/mol. The third-order valence-electron chi connectivity index (χ3n) is 2.96. The van der Waals surface area contributed by atoms with Gasteiger partial charge in [-0.25, -0.2) is 4.79 Å². The van der Waals surface area contributed by atoms with Crippen molar-refractivity contribution in [3.8, 4) is 0 Å². The summed E-state index contributed by atoms with van der Waals surface area (Å²) in [6.45, 7) is 0. The Labute approximate surface area is 123 Å². The number of nitrogens with two attached hydrogens (primary N) is 1. The summed E-state index contributed by atoms with van der Waals surface area (Å²) >= 11 is 5.87. The number of aromatic nitrogens is 2. The van der Waals surface area contributed by atoms with Crippen molar-refractivity contribution in [3.05, 3.63) is 57.5 Å². The van der Waals surface area contributed by atoms with Crippen LogP contribution in [0.2, 0.25) is 5.02 Å². The highest BCUT2D eigenvalue weighted by Gasteiger charge is 2.09. The summed E-state index contributed by atoms with van der Waals surface area (Å²) in [6, 6.07) is 9.70. The van der Waals surface area contributed by atoms with Crippen molar-refractivity contribution in [2.24, 2.45) is 0 Å². The predicted octanol–water partition coefficient (Wildman–Crippen LogP) is 2.34. The first-order valence-electron chi connectivity index (χ1n) is 6.11. The van der Waals surface area contributed by atoms with Gasteiger partial charge in [0.15, 0.2) is 0 Å². The van der Waals surface area contributed by atoms with E-state index in [9.17, 15) is 9.59 Å². The van der Waals surface area contributed by atoms with Crippen LogP contribution in [0.1, 0.15) is 10.4 Å². The van der Waals surface area contributed by atoms with Gasteiger partial charge in [-0.05, 0) is 36.4 Å². The molecule has 1 heterocycles. The molecule has 1 aromatic heterocycles. The molecular weight excluding hydrogens is 292 g/mol. The lowest BCUT2D eigenvalue weighted by molar-refractivity contribution is 0.102. The number of carbonyl (C=O) groups is 1. The molecule has 5 N–H and O–H groups in total. The average Bonchev–Trinajstić information content (AvgIpc) is 2.77. The van der Waals surface area contributed by atoms with Crippen LogP contribution in [-0.4, -0.2) is 15.9 Å². The van der Waals surface area contributed by atoms with Crippen LogP contribution < -0.4 is 16.7 Å². The zero-order valence-electron chi connectivity index (χ0n) is 10.7. The molecule has 0 spiro atoms. The number of H-pyrrole nitrogens is 2. The number of amides is 1. The summed E-state index contributed by atoms with van der Waals surface area (Å²) in [4.78, 5) is 28.6. The molecule has 0 atom stereocenters. The first-order chi connectivity index (χ1) is 10.0. The van der Waals surface area contributed by atoms with Gasteiger partial charge in [-0.2, -0.15) is 0 Å². The number of aromatic amines is 2. The second kappa shape index (κ2) is 4.99. The van der Waals surface area contributed by atoms with Gasteiger partial charge >= 0.3 is 5.69 Å². The Bertz CT molecular complexity index is 877. The fourth-order valence-corrected chi connectivity index (χ4v) is 2.30. The first kappa shape index (κ1) is 13.3. The molecule has 7 heteroatoms. The van der Waals surface area contributed by atoms with Crippen molar-refractivity contribution in [3.63, 3.8) is 0 Å². The number of imidazole rings is 1. The number of fused-ring (bicyclic) bond motifs is 1. The minimum Gasteiger partial charge on any atom is -0.399 e. The van der Waals surface area contributed by atoms with Crippen molar-refractivity contribution in [1.29, 1.82) is 0 Å². The van der Waals surface area contributed by atoms with E-state index >= 15 is 0 Å². The molecule has 0 bridgehead atoms. The molecule has 106 valence electrons. The van der Waals surface area contributed by atoms with E-state index in [4.69, 9.17) is 17.3 Å². The smallest absolute Gasteiger partial charge is 0.323 e. The van der Waals surface area contributed by atoms with Gasteiger partial charge in [0.1, 0.15) is 0 Å². The molecule has 3 aromatic rings. The van der Waals surface area contributed by atoms with E-state index < -0.39 is 0 Å². The van der Waals surface area contributed by atoms with Crippen LogP contribution in [-0.2, 0) is 0 Å². The first-order valence-corrected chi connectivity index (χ1v) is 6.48. The molecule has 1 amide bonds. The van der Waals surface area contributed by atoms with Crippen molar-refractivity contribution in [1.82, 2.24) is 9.97 Å². The summed E-state index contributed by atoms with van der Waals surface area (Å²) in [5, 5.41) is 3.12. The van der Waals surface area contributed by atoms with Gasteiger partial charge in [0.2, 0.25) is 0 Å². The number of rotatable bonds is 2. The molecule has 0 aliphatic heterocycles. The standard InChI is InChI=1S/C14H11ClN4O2/c15-8-3-7(4-9(16)5-8)13(20)17-10-1-2-11-12(6-10)19-14(21)18-11/h1-6H,16H2,(H,17,20)(H2,18,19,21). The van der Waals surface area contributed by atoms with E-state index in [0.717, 1.165) is 0 Å². The van der Waals surface area contributed by atoms with Crippen molar-refractivity contribution < 1.29 is 4.79 Å². The summed E-state index contributed by atoms with van der Waals surface area (Å²) in [7, 11) is 0. The van der Waals surface area contributed by atoms with Crippen molar-refractivity contribution in [2.45, 2.75) is 0 Å². The molecule has 2 aromatic carbocycles. The lowest BCUT2D eigenvalue weighted by Crippen LogP contribution is -2.12. The zero-order valence-corrected chi connectivity index (χ0v) is 11.5. The Morgan fingerprint density at radius 1 is 1.10 bits per heavy atom. The van der Waals surface area contributed by atoms with E-state index in [2.05, 4.69) is 15.3 Å². The molecule has 0 aliphatic carbocycles. The molecule has 0 aliphatic rings. The Balaban J connectivity index is 1.90. The molecule has 21 heavy (non-hydrogen) atoms. The van der Waals surface area contributed by atoms with Gasteiger partial charge in [0, 0.05) is 22.0 Å². The Morgan fingerprint density at radius 3 is 2.62 bits per heavy atom. The summed E-state index contributed by atoms with van der Waals surface area (Å²) in [5.41, 5.74) is 7.98. The Morgan fingerprint density at radius 2 is 1.86 bits per heavy atom. The number of hydrogen-bond donors (Lipinski definition) is 4. The predicted molar refractivity (Wildman–Crippen MR) is 82.7 cm³/mol. The van der Waals surface area contributed by atoms with Crippen LogP contribution in [0.5, 0.6) is 0 Å². The van der Waals surface area contributed by atoms with Gasteiger partial charge in [-0.1, -0.05) is 11.6 Å². The van der Waals surface area contributed by atoms with Crippen LogP contribution >= 0.6 is 11.6 Å². The minimum atomic E-state index is -0.332. The second-order valence-electron chi connectivity index (χ2n) is 4.57. The zero-order chi connectivity index (χ0) is 15.0. The third-order valence-corrected chi connectivity index (χ3v) is 3.17. The highest BCUT2D eigenvalue weighted by atomic mass is 35.5. The number of halogens is 1. The third kappa shape index (κ3) is 2.75. The molecule has 6 nitrogen and oxygen atoms in total. The Hall–Kier alpha value is -2.73. The monoisotopic (exact) mass is 302 g/mol. The fourth-order valence-electron chi connectivity index (χ4n) is 2.06. The largest absolute Gasteiger partial charge is 0.399 e. The van der Waals surface area contributed by atoms with Crippen LogP contribution in [0.3, 0.4) is 0 Å². The number of nitrogen functional groups attached to an aromatic ring is 1. The molecule has 0 fully saturated rings. The number of benzene rings is 2. The molecule has 0 saturated heterocycles. The summed E-state index contributed by atoms with van der Waals surface area (Å²) < 4.78 is 0. The molecule has 0 saturated carbocycles. The maximum Gasteiger partial charge on any atom is 0.323 e. The second-order valence-corrected chi connectivity index (χ2v) is 5.00. The SMILES string of the molecule is Nc1cc(Cl)cc(C(=O)Nc2ccc3[nH]c(=O)[nH]c3c2)c1. The number of nitrogens with one attached hydrogen (secondary N) is 3.